The highest BCUT2D eigenvalue weighted by Crippen LogP contribution is 2.23. The SMILES string of the molecule is COc1ccc(CC(=O)NC2CCC(Oc3nc(C)cc(C)n3)CC2)cc1C. The van der Waals surface area contributed by atoms with E-state index in [1.807, 2.05) is 45.0 Å². The third kappa shape index (κ3) is 5.44. The van der Waals surface area contributed by atoms with Crippen LogP contribution >= 0.6 is 0 Å². The Morgan fingerprint density at radius 3 is 2.36 bits per heavy atom. The van der Waals surface area contributed by atoms with E-state index in [1.54, 1.807) is 7.11 Å². The number of hydrogen-bond donors (Lipinski definition) is 1. The van der Waals surface area contributed by atoms with Gasteiger partial charge in [0.2, 0.25) is 5.91 Å². The van der Waals surface area contributed by atoms with Gasteiger partial charge in [0, 0.05) is 17.4 Å². The summed E-state index contributed by atoms with van der Waals surface area (Å²) in [6.07, 6.45) is 4.09. The second-order valence-corrected chi connectivity index (χ2v) is 7.57. The molecule has 6 nitrogen and oxygen atoms in total. The minimum absolute atomic E-state index is 0.0616. The van der Waals surface area contributed by atoms with Crippen molar-refractivity contribution in [3.8, 4) is 11.8 Å². The Morgan fingerprint density at radius 2 is 1.75 bits per heavy atom. The molecule has 28 heavy (non-hydrogen) atoms. The largest absolute Gasteiger partial charge is 0.496 e. The number of ether oxygens (including phenoxy) is 2. The molecule has 3 rings (SSSR count). The van der Waals surface area contributed by atoms with Gasteiger partial charge in [-0.1, -0.05) is 12.1 Å². The van der Waals surface area contributed by atoms with Crippen LogP contribution in [-0.2, 0) is 11.2 Å². The van der Waals surface area contributed by atoms with Gasteiger partial charge in [-0.3, -0.25) is 4.79 Å². The van der Waals surface area contributed by atoms with E-state index in [9.17, 15) is 4.79 Å². The Labute approximate surface area is 166 Å². The minimum Gasteiger partial charge on any atom is -0.496 e. The van der Waals surface area contributed by atoms with Gasteiger partial charge in [0.15, 0.2) is 0 Å². The second kappa shape index (κ2) is 9.04. The van der Waals surface area contributed by atoms with Crippen LogP contribution in [0.5, 0.6) is 11.8 Å². The van der Waals surface area contributed by atoms with Crippen molar-refractivity contribution in [1.82, 2.24) is 15.3 Å². The molecule has 0 unspecified atom stereocenters. The molecule has 1 fully saturated rings. The van der Waals surface area contributed by atoms with E-state index >= 15 is 0 Å². The standard InChI is InChI=1S/C22H29N3O3/c1-14-11-17(5-10-20(14)27-4)13-21(26)25-18-6-8-19(9-7-18)28-22-23-15(2)12-16(3)24-22/h5,10-12,18-19H,6-9,13H2,1-4H3,(H,25,26). The first kappa shape index (κ1) is 20.1. The van der Waals surface area contributed by atoms with Crippen molar-refractivity contribution in [3.05, 3.63) is 46.8 Å². The van der Waals surface area contributed by atoms with Crippen LogP contribution in [0.1, 0.15) is 48.2 Å². The fraction of sp³-hybridized carbons (Fsp3) is 0.500. The van der Waals surface area contributed by atoms with Gasteiger partial charge >= 0.3 is 6.01 Å². The number of benzene rings is 1. The maximum Gasteiger partial charge on any atom is 0.317 e. The van der Waals surface area contributed by atoms with Gasteiger partial charge in [0.05, 0.1) is 13.5 Å². The molecular weight excluding hydrogens is 354 g/mol. The lowest BCUT2D eigenvalue weighted by Crippen LogP contribution is -2.40. The Morgan fingerprint density at radius 1 is 1.07 bits per heavy atom. The van der Waals surface area contributed by atoms with Crippen LogP contribution in [0, 0.1) is 20.8 Å². The summed E-state index contributed by atoms with van der Waals surface area (Å²) in [6.45, 7) is 5.87. The summed E-state index contributed by atoms with van der Waals surface area (Å²) in [7, 11) is 1.65. The highest BCUT2D eigenvalue weighted by Gasteiger charge is 2.24. The van der Waals surface area contributed by atoms with Crippen molar-refractivity contribution < 1.29 is 14.3 Å². The lowest BCUT2D eigenvalue weighted by atomic mass is 9.92. The van der Waals surface area contributed by atoms with Crippen molar-refractivity contribution in [2.75, 3.05) is 7.11 Å². The van der Waals surface area contributed by atoms with E-state index in [1.165, 1.54) is 0 Å². The topological polar surface area (TPSA) is 73.3 Å². The quantitative estimate of drug-likeness (QED) is 0.827. The van der Waals surface area contributed by atoms with E-state index in [4.69, 9.17) is 9.47 Å². The molecule has 150 valence electrons. The highest BCUT2D eigenvalue weighted by molar-refractivity contribution is 5.79. The van der Waals surface area contributed by atoms with Crippen molar-refractivity contribution in [2.24, 2.45) is 0 Å². The average Bonchev–Trinajstić information content (AvgIpc) is 2.62. The monoisotopic (exact) mass is 383 g/mol. The van der Waals surface area contributed by atoms with Crippen LogP contribution < -0.4 is 14.8 Å². The van der Waals surface area contributed by atoms with Crippen LogP contribution in [0.2, 0.25) is 0 Å². The molecule has 0 saturated heterocycles. The van der Waals surface area contributed by atoms with Gasteiger partial charge in [-0.2, -0.15) is 0 Å². The molecule has 1 amide bonds. The predicted octanol–water partition coefficient (Wildman–Crippen LogP) is 3.46. The summed E-state index contributed by atoms with van der Waals surface area (Å²) < 4.78 is 11.2. The van der Waals surface area contributed by atoms with Crippen molar-refractivity contribution in [2.45, 2.75) is 65.0 Å². The number of nitrogens with zero attached hydrogens (tertiary/aromatic N) is 2. The molecule has 1 aliphatic carbocycles. The Hall–Kier alpha value is -2.63. The first-order chi connectivity index (χ1) is 13.4. The zero-order valence-electron chi connectivity index (χ0n) is 17.1. The van der Waals surface area contributed by atoms with Crippen molar-refractivity contribution >= 4 is 5.91 Å². The number of methoxy groups -OCH3 is 1. The van der Waals surface area contributed by atoms with Gasteiger partial charge < -0.3 is 14.8 Å². The molecule has 0 atom stereocenters. The van der Waals surface area contributed by atoms with Crippen molar-refractivity contribution in [3.63, 3.8) is 0 Å². The van der Waals surface area contributed by atoms with E-state index in [2.05, 4.69) is 15.3 Å². The van der Waals surface area contributed by atoms with Crippen LogP contribution in [-0.4, -0.2) is 35.1 Å². The van der Waals surface area contributed by atoms with E-state index in [-0.39, 0.29) is 18.1 Å². The highest BCUT2D eigenvalue weighted by atomic mass is 16.5. The van der Waals surface area contributed by atoms with Crippen LogP contribution in [0.3, 0.4) is 0 Å². The number of amides is 1. The van der Waals surface area contributed by atoms with Gasteiger partial charge in [0.1, 0.15) is 11.9 Å². The summed E-state index contributed by atoms with van der Waals surface area (Å²) >= 11 is 0. The molecule has 1 heterocycles. The van der Waals surface area contributed by atoms with Crippen LogP contribution in [0.4, 0.5) is 0 Å². The van der Waals surface area contributed by atoms with Gasteiger partial charge in [-0.05, 0) is 69.7 Å². The van der Waals surface area contributed by atoms with E-state index < -0.39 is 0 Å². The minimum atomic E-state index is 0.0616. The number of aromatic nitrogens is 2. The van der Waals surface area contributed by atoms with Crippen LogP contribution in [0.15, 0.2) is 24.3 Å². The second-order valence-electron chi connectivity index (χ2n) is 7.57. The number of carbonyl (C=O) groups is 1. The molecule has 6 heteroatoms. The first-order valence-corrected chi connectivity index (χ1v) is 9.84. The average molecular weight is 383 g/mol. The third-order valence-corrected chi connectivity index (χ3v) is 5.10. The molecule has 0 bridgehead atoms. The fourth-order valence-corrected chi connectivity index (χ4v) is 3.73. The summed E-state index contributed by atoms with van der Waals surface area (Å²) in [6, 6.07) is 8.46. The molecule has 0 radical (unpaired) electrons. The van der Waals surface area contributed by atoms with Gasteiger partial charge in [0.25, 0.3) is 0 Å². The molecule has 2 aromatic rings. The number of nitrogens with one attached hydrogen (secondary N) is 1. The molecule has 1 aromatic carbocycles. The lowest BCUT2D eigenvalue weighted by molar-refractivity contribution is -0.121. The third-order valence-electron chi connectivity index (χ3n) is 5.10. The predicted molar refractivity (Wildman–Crippen MR) is 108 cm³/mol. The van der Waals surface area contributed by atoms with Gasteiger partial charge in [-0.15, -0.1) is 0 Å². The number of aryl methyl sites for hydroxylation is 3. The molecule has 1 aliphatic rings. The zero-order valence-corrected chi connectivity index (χ0v) is 17.1. The zero-order chi connectivity index (χ0) is 20.1. The molecule has 1 saturated carbocycles. The maximum absolute atomic E-state index is 12.4. The molecule has 0 aliphatic heterocycles. The van der Waals surface area contributed by atoms with E-state index in [0.717, 1.165) is 53.9 Å². The number of rotatable bonds is 6. The maximum atomic E-state index is 12.4. The summed E-state index contributed by atoms with van der Waals surface area (Å²) in [5.41, 5.74) is 3.87. The fourth-order valence-electron chi connectivity index (χ4n) is 3.73. The number of hydrogen-bond acceptors (Lipinski definition) is 5. The summed E-state index contributed by atoms with van der Waals surface area (Å²) in [5.74, 6) is 0.904. The van der Waals surface area contributed by atoms with Gasteiger partial charge in [-0.25, -0.2) is 9.97 Å². The molecule has 1 N–H and O–H groups in total. The Kier molecular flexibility index (Phi) is 6.49. The van der Waals surface area contributed by atoms with Crippen LogP contribution in [0.25, 0.3) is 0 Å². The molecule has 1 aromatic heterocycles. The molecule has 0 spiro atoms. The van der Waals surface area contributed by atoms with E-state index in [0.29, 0.717) is 12.4 Å². The first-order valence-electron chi connectivity index (χ1n) is 9.84. The Balaban J connectivity index is 1.46. The lowest BCUT2D eigenvalue weighted by Gasteiger charge is -2.29. The smallest absolute Gasteiger partial charge is 0.317 e. The Bertz CT molecular complexity index is 810. The summed E-state index contributed by atoms with van der Waals surface area (Å²) in [5, 5.41) is 3.16. The number of carbonyl (C=O) groups excluding carboxylic acids is 1. The summed E-state index contributed by atoms with van der Waals surface area (Å²) in [4.78, 5) is 21.1. The molecular formula is C22H29N3O3. The normalized spacial score (nSPS) is 19.1. The van der Waals surface area contributed by atoms with Crippen molar-refractivity contribution in [1.29, 1.82) is 0 Å².